The predicted octanol–water partition coefficient (Wildman–Crippen LogP) is 3.26. The maximum atomic E-state index is 11.2. The number of piperidine rings is 1. The molecule has 3 aromatic rings. The van der Waals surface area contributed by atoms with Crippen molar-refractivity contribution in [1.82, 2.24) is 14.6 Å². The van der Waals surface area contributed by atoms with Gasteiger partial charge in [-0.05, 0) is 30.9 Å². The average molecular weight is 350 g/mol. The number of benzene rings is 1. The van der Waals surface area contributed by atoms with Crippen LogP contribution < -0.4 is 4.90 Å². The highest BCUT2D eigenvalue weighted by atomic mass is 16.4. The van der Waals surface area contributed by atoms with Crippen molar-refractivity contribution in [2.45, 2.75) is 26.2 Å². The minimum absolute atomic E-state index is 0.247. The number of carbonyl (C=O) groups is 1. The van der Waals surface area contributed by atoms with Crippen molar-refractivity contribution in [2.75, 3.05) is 18.0 Å². The van der Waals surface area contributed by atoms with E-state index >= 15 is 0 Å². The van der Waals surface area contributed by atoms with E-state index in [1.165, 1.54) is 5.56 Å². The van der Waals surface area contributed by atoms with Crippen LogP contribution in [0.5, 0.6) is 0 Å². The number of aliphatic carboxylic acids is 1. The van der Waals surface area contributed by atoms with Gasteiger partial charge in [0.05, 0.1) is 11.6 Å². The van der Waals surface area contributed by atoms with Crippen LogP contribution in [0.3, 0.4) is 0 Å². The largest absolute Gasteiger partial charge is 0.481 e. The molecular weight excluding hydrogens is 328 g/mol. The summed E-state index contributed by atoms with van der Waals surface area (Å²) >= 11 is 0. The first-order valence-electron chi connectivity index (χ1n) is 9.07. The smallest absolute Gasteiger partial charge is 0.306 e. The molecule has 26 heavy (non-hydrogen) atoms. The molecule has 1 aliphatic heterocycles. The van der Waals surface area contributed by atoms with Crippen LogP contribution in [0, 0.1) is 5.92 Å². The Morgan fingerprint density at radius 1 is 1.23 bits per heavy atom. The van der Waals surface area contributed by atoms with Gasteiger partial charge < -0.3 is 10.0 Å². The van der Waals surface area contributed by atoms with E-state index in [4.69, 9.17) is 5.10 Å². The highest BCUT2D eigenvalue weighted by Crippen LogP contribution is 2.28. The fourth-order valence-electron chi connectivity index (χ4n) is 3.54. The van der Waals surface area contributed by atoms with E-state index in [1.807, 2.05) is 10.7 Å². The second-order valence-electron chi connectivity index (χ2n) is 6.76. The minimum Gasteiger partial charge on any atom is -0.481 e. The van der Waals surface area contributed by atoms with Gasteiger partial charge in [-0.15, -0.1) is 0 Å². The Morgan fingerprint density at radius 2 is 1.96 bits per heavy atom. The number of carboxylic acids is 1. The van der Waals surface area contributed by atoms with Crippen molar-refractivity contribution in [3.05, 3.63) is 48.3 Å². The summed E-state index contributed by atoms with van der Waals surface area (Å²) in [5.74, 6) is -0.0678. The molecule has 134 valence electrons. The van der Waals surface area contributed by atoms with Crippen LogP contribution in [-0.2, 0) is 11.2 Å². The summed E-state index contributed by atoms with van der Waals surface area (Å²) in [5, 5.41) is 13.9. The highest BCUT2D eigenvalue weighted by Gasteiger charge is 2.26. The van der Waals surface area contributed by atoms with Crippen LogP contribution in [-0.4, -0.2) is 38.8 Å². The Labute approximate surface area is 152 Å². The molecule has 4 rings (SSSR count). The molecule has 1 saturated heterocycles. The van der Waals surface area contributed by atoms with Gasteiger partial charge in [0.25, 0.3) is 0 Å². The normalized spacial score (nSPS) is 15.5. The van der Waals surface area contributed by atoms with Gasteiger partial charge in [0, 0.05) is 31.0 Å². The van der Waals surface area contributed by atoms with Gasteiger partial charge in [-0.25, -0.2) is 9.50 Å². The summed E-state index contributed by atoms with van der Waals surface area (Å²) < 4.78 is 1.86. The van der Waals surface area contributed by atoms with Crippen molar-refractivity contribution in [1.29, 1.82) is 0 Å². The third-order valence-corrected chi connectivity index (χ3v) is 5.17. The predicted molar refractivity (Wildman–Crippen MR) is 100 cm³/mol. The van der Waals surface area contributed by atoms with Gasteiger partial charge in [0.1, 0.15) is 5.52 Å². The Bertz CT molecular complexity index is 925. The molecule has 0 unspecified atom stereocenters. The van der Waals surface area contributed by atoms with Crippen LogP contribution in [0.2, 0.25) is 0 Å². The van der Waals surface area contributed by atoms with Gasteiger partial charge in [-0.1, -0.05) is 31.2 Å². The van der Waals surface area contributed by atoms with Gasteiger partial charge in [-0.2, -0.15) is 5.10 Å². The zero-order valence-electron chi connectivity index (χ0n) is 14.8. The zero-order chi connectivity index (χ0) is 18.1. The monoisotopic (exact) mass is 350 g/mol. The first-order valence-corrected chi connectivity index (χ1v) is 9.07. The number of rotatable bonds is 4. The molecule has 3 heterocycles. The van der Waals surface area contributed by atoms with E-state index in [0.29, 0.717) is 25.9 Å². The van der Waals surface area contributed by atoms with E-state index < -0.39 is 5.97 Å². The molecule has 6 heteroatoms. The van der Waals surface area contributed by atoms with E-state index in [0.717, 1.165) is 29.0 Å². The van der Waals surface area contributed by atoms with Crippen molar-refractivity contribution >= 4 is 17.3 Å². The molecule has 0 bridgehead atoms. The molecule has 1 N–H and O–H groups in total. The second-order valence-corrected chi connectivity index (χ2v) is 6.76. The Hall–Kier alpha value is -2.89. The zero-order valence-corrected chi connectivity index (χ0v) is 14.8. The lowest BCUT2D eigenvalue weighted by atomic mass is 9.97. The van der Waals surface area contributed by atoms with Crippen LogP contribution in [0.1, 0.15) is 25.3 Å². The van der Waals surface area contributed by atoms with Crippen molar-refractivity contribution in [3.8, 4) is 11.3 Å². The number of fused-ring (bicyclic) bond motifs is 1. The third-order valence-electron chi connectivity index (χ3n) is 5.17. The standard InChI is InChI=1S/C20H22N4O2/c1-2-14-3-5-15(6-4-14)17-13-18-19(21-9-12-24(18)22-17)23-10-7-16(8-11-23)20(25)26/h3-6,9,12-13,16H,2,7-8,10-11H2,1H3,(H,25,26). The molecule has 1 aromatic carbocycles. The molecule has 0 aliphatic carbocycles. The third kappa shape index (κ3) is 3.03. The topological polar surface area (TPSA) is 70.7 Å². The number of hydrogen-bond donors (Lipinski definition) is 1. The first kappa shape index (κ1) is 16.6. The first-order chi connectivity index (χ1) is 12.7. The molecule has 0 saturated carbocycles. The Kier molecular flexibility index (Phi) is 4.32. The van der Waals surface area contributed by atoms with E-state index in [1.54, 1.807) is 6.20 Å². The summed E-state index contributed by atoms with van der Waals surface area (Å²) in [7, 11) is 0. The van der Waals surface area contributed by atoms with E-state index in [-0.39, 0.29) is 5.92 Å². The number of aromatic nitrogens is 3. The van der Waals surface area contributed by atoms with Crippen LogP contribution in [0.4, 0.5) is 5.82 Å². The van der Waals surface area contributed by atoms with Crippen molar-refractivity contribution < 1.29 is 9.90 Å². The quantitative estimate of drug-likeness (QED) is 0.782. The molecule has 1 fully saturated rings. The lowest BCUT2D eigenvalue weighted by Gasteiger charge is -2.31. The summed E-state index contributed by atoms with van der Waals surface area (Å²) in [4.78, 5) is 17.9. The maximum absolute atomic E-state index is 11.2. The minimum atomic E-state index is -0.696. The SMILES string of the molecule is CCc1ccc(-c2cc3c(N4CCC(C(=O)O)CC4)nccn3n2)cc1. The van der Waals surface area contributed by atoms with Crippen molar-refractivity contribution in [3.63, 3.8) is 0 Å². The van der Waals surface area contributed by atoms with Crippen LogP contribution in [0.15, 0.2) is 42.7 Å². The number of hydrogen-bond acceptors (Lipinski definition) is 4. The van der Waals surface area contributed by atoms with E-state index in [9.17, 15) is 9.90 Å². The lowest BCUT2D eigenvalue weighted by Crippen LogP contribution is -2.37. The summed E-state index contributed by atoms with van der Waals surface area (Å²) in [5.41, 5.74) is 4.26. The summed E-state index contributed by atoms with van der Waals surface area (Å²) in [6, 6.07) is 10.5. The molecule has 2 aromatic heterocycles. The molecule has 1 aliphatic rings. The molecule has 0 radical (unpaired) electrons. The Morgan fingerprint density at radius 3 is 2.62 bits per heavy atom. The van der Waals surface area contributed by atoms with Gasteiger partial charge in [0.2, 0.25) is 0 Å². The average Bonchev–Trinajstić information content (AvgIpc) is 3.12. The van der Waals surface area contributed by atoms with Crippen LogP contribution >= 0.6 is 0 Å². The number of nitrogens with zero attached hydrogens (tertiary/aromatic N) is 4. The number of aryl methyl sites for hydroxylation is 1. The Balaban J connectivity index is 1.64. The molecular formula is C20H22N4O2. The molecule has 0 spiro atoms. The highest BCUT2D eigenvalue weighted by molar-refractivity contribution is 5.76. The number of anilines is 1. The fourth-order valence-corrected chi connectivity index (χ4v) is 3.54. The van der Waals surface area contributed by atoms with Crippen molar-refractivity contribution in [2.24, 2.45) is 5.92 Å². The maximum Gasteiger partial charge on any atom is 0.306 e. The second kappa shape index (κ2) is 6.78. The van der Waals surface area contributed by atoms with Gasteiger partial charge >= 0.3 is 5.97 Å². The number of carboxylic acid groups (broad SMARTS) is 1. The van der Waals surface area contributed by atoms with Gasteiger partial charge in [-0.3, -0.25) is 4.79 Å². The summed E-state index contributed by atoms with van der Waals surface area (Å²) in [6.45, 7) is 3.55. The summed E-state index contributed by atoms with van der Waals surface area (Å²) in [6.07, 6.45) is 5.93. The molecule has 0 atom stereocenters. The van der Waals surface area contributed by atoms with E-state index in [2.05, 4.69) is 47.1 Å². The molecule has 0 amide bonds. The van der Waals surface area contributed by atoms with Gasteiger partial charge in [0.15, 0.2) is 5.82 Å². The fraction of sp³-hybridized carbons (Fsp3) is 0.350. The molecule has 6 nitrogen and oxygen atoms in total. The van der Waals surface area contributed by atoms with Crippen LogP contribution in [0.25, 0.3) is 16.8 Å². The lowest BCUT2D eigenvalue weighted by molar-refractivity contribution is -0.142.